The number of piperidine rings is 1. The van der Waals surface area contributed by atoms with Gasteiger partial charge in [0.25, 0.3) is 0 Å². The molecule has 0 aliphatic carbocycles. The van der Waals surface area contributed by atoms with E-state index < -0.39 is 0 Å². The van der Waals surface area contributed by atoms with Crippen LogP contribution in [0.2, 0.25) is 0 Å². The molecule has 2 nitrogen and oxygen atoms in total. The van der Waals surface area contributed by atoms with Crippen LogP contribution >= 0.6 is 0 Å². The van der Waals surface area contributed by atoms with E-state index in [0.29, 0.717) is 5.56 Å². The largest absolute Gasteiger partial charge is 0.508 e. The summed E-state index contributed by atoms with van der Waals surface area (Å²) in [4.78, 5) is 0. The molecule has 76 valence electrons. The van der Waals surface area contributed by atoms with Gasteiger partial charge in [-0.3, -0.25) is 0 Å². The summed E-state index contributed by atoms with van der Waals surface area (Å²) in [6.45, 7) is 1.80. The van der Waals surface area contributed by atoms with Crippen molar-refractivity contribution in [3.8, 4) is 5.75 Å². The molecule has 1 aromatic carbocycles. The molecule has 0 radical (unpaired) electrons. The molecular weight excluding hydrogens is 181 g/mol. The van der Waals surface area contributed by atoms with Crippen molar-refractivity contribution in [3.63, 3.8) is 0 Å². The molecule has 0 saturated carbocycles. The van der Waals surface area contributed by atoms with Crippen LogP contribution < -0.4 is 5.32 Å². The van der Waals surface area contributed by atoms with Crippen molar-refractivity contribution < 1.29 is 9.50 Å². The van der Waals surface area contributed by atoms with Crippen molar-refractivity contribution in [2.24, 2.45) is 0 Å². The summed E-state index contributed by atoms with van der Waals surface area (Å²) in [5, 5.41) is 12.8. The molecule has 0 bridgehead atoms. The lowest BCUT2D eigenvalue weighted by Gasteiger charge is -2.23. The molecule has 2 rings (SSSR count). The summed E-state index contributed by atoms with van der Waals surface area (Å²) >= 11 is 0. The highest BCUT2D eigenvalue weighted by Gasteiger charge is 2.21. The fourth-order valence-electron chi connectivity index (χ4n) is 2.04. The number of hydrogen-bond donors (Lipinski definition) is 2. The summed E-state index contributed by atoms with van der Waals surface area (Å²) in [7, 11) is 0. The zero-order chi connectivity index (χ0) is 9.97. The second-order valence-electron chi connectivity index (χ2n) is 3.70. The van der Waals surface area contributed by atoms with Gasteiger partial charge in [-0.15, -0.1) is 0 Å². The van der Waals surface area contributed by atoms with Gasteiger partial charge in [0.15, 0.2) is 0 Å². The van der Waals surface area contributed by atoms with Gasteiger partial charge in [-0.2, -0.15) is 0 Å². The summed E-state index contributed by atoms with van der Waals surface area (Å²) in [5.74, 6) is -0.0220. The average Bonchev–Trinajstić information content (AvgIpc) is 2.19. The van der Waals surface area contributed by atoms with Gasteiger partial charge in [-0.1, -0.05) is 6.07 Å². The first-order chi connectivity index (χ1) is 6.79. The van der Waals surface area contributed by atoms with Gasteiger partial charge in [0.2, 0.25) is 0 Å². The molecule has 1 heterocycles. The molecule has 1 saturated heterocycles. The van der Waals surface area contributed by atoms with E-state index in [2.05, 4.69) is 5.32 Å². The predicted octanol–water partition coefficient (Wildman–Crippen LogP) is 2.00. The molecule has 1 aliphatic rings. The highest BCUT2D eigenvalue weighted by atomic mass is 19.1. The van der Waals surface area contributed by atoms with Crippen molar-refractivity contribution in [2.45, 2.75) is 18.8 Å². The van der Waals surface area contributed by atoms with E-state index in [9.17, 15) is 9.50 Å². The number of hydrogen-bond acceptors (Lipinski definition) is 2. The predicted molar refractivity (Wildman–Crippen MR) is 52.9 cm³/mol. The van der Waals surface area contributed by atoms with Crippen LogP contribution in [0.1, 0.15) is 24.3 Å². The molecule has 0 aromatic heterocycles. The lowest BCUT2D eigenvalue weighted by molar-refractivity contribution is 0.409. The molecule has 0 unspecified atom stereocenters. The summed E-state index contributed by atoms with van der Waals surface area (Å²) < 4.78 is 13.5. The fraction of sp³-hybridized carbons (Fsp3) is 0.455. The second kappa shape index (κ2) is 3.96. The Hall–Kier alpha value is -1.09. The Kier molecular flexibility index (Phi) is 2.68. The molecule has 0 spiro atoms. The fourth-order valence-corrected chi connectivity index (χ4v) is 2.04. The molecule has 2 N–H and O–H groups in total. The average molecular weight is 195 g/mol. The van der Waals surface area contributed by atoms with E-state index in [1.807, 2.05) is 0 Å². The summed E-state index contributed by atoms with van der Waals surface area (Å²) in [6, 6.07) is 4.51. The van der Waals surface area contributed by atoms with Crippen LogP contribution in [0.4, 0.5) is 4.39 Å². The van der Waals surface area contributed by atoms with Crippen molar-refractivity contribution in [1.82, 2.24) is 5.32 Å². The second-order valence-corrected chi connectivity index (χ2v) is 3.70. The standard InChI is InChI=1S/C11H14FNO/c12-9-2-1-3-10(14)11(9)8-4-6-13-7-5-8/h1-3,8,13-14H,4-7H2. The van der Waals surface area contributed by atoms with Crippen molar-refractivity contribution in [2.75, 3.05) is 13.1 Å². The first-order valence-corrected chi connectivity index (χ1v) is 4.97. The van der Waals surface area contributed by atoms with Crippen LogP contribution in [-0.4, -0.2) is 18.2 Å². The van der Waals surface area contributed by atoms with E-state index >= 15 is 0 Å². The molecule has 3 heteroatoms. The lowest BCUT2D eigenvalue weighted by Crippen LogP contribution is -2.27. The number of phenols is 1. The number of nitrogens with one attached hydrogen (secondary N) is 1. The molecule has 0 amide bonds. The minimum Gasteiger partial charge on any atom is -0.508 e. The van der Waals surface area contributed by atoms with Gasteiger partial charge >= 0.3 is 0 Å². The van der Waals surface area contributed by atoms with Crippen LogP contribution in [-0.2, 0) is 0 Å². The maximum Gasteiger partial charge on any atom is 0.130 e. The molecule has 1 aliphatic heterocycles. The smallest absolute Gasteiger partial charge is 0.130 e. The zero-order valence-electron chi connectivity index (χ0n) is 7.96. The molecule has 14 heavy (non-hydrogen) atoms. The van der Waals surface area contributed by atoms with E-state index in [0.717, 1.165) is 25.9 Å². The topological polar surface area (TPSA) is 32.3 Å². The van der Waals surface area contributed by atoms with Crippen LogP contribution in [0.3, 0.4) is 0 Å². The maximum absolute atomic E-state index is 13.5. The third-order valence-electron chi connectivity index (χ3n) is 2.78. The van der Waals surface area contributed by atoms with Crippen LogP contribution in [0.25, 0.3) is 0 Å². The molecule has 1 aromatic rings. The third-order valence-corrected chi connectivity index (χ3v) is 2.78. The van der Waals surface area contributed by atoms with E-state index in [-0.39, 0.29) is 17.5 Å². The Bertz CT molecular complexity index is 301. The summed E-state index contributed by atoms with van der Waals surface area (Å²) in [6.07, 6.45) is 1.79. The van der Waals surface area contributed by atoms with Crippen LogP contribution in [0.5, 0.6) is 5.75 Å². The van der Waals surface area contributed by atoms with Gasteiger partial charge in [0, 0.05) is 5.56 Å². The molecule has 1 fully saturated rings. The normalized spacial score (nSPS) is 18.4. The van der Waals surface area contributed by atoms with Gasteiger partial charge in [-0.25, -0.2) is 4.39 Å². The van der Waals surface area contributed by atoms with Gasteiger partial charge in [0.05, 0.1) is 0 Å². The number of aromatic hydroxyl groups is 1. The van der Waals surface area contributed by atoms with E-state index in [1.165, 1.54) is 12.1 Å². The van der Waals surface area contributed by atoms with E-state index in [4.69, 9.17) is 0 Å². The quantitative estimate of drug-likeness (QED) is 0.718. The highest BCUT2D eigenvalue weighted by molar-refractivity contribution is 5.36. The van der Waals surface area contributed by atoms with Crippen molar-refractivity contribution >= 4 is 0 Å². The Balaban J connectivity index is 2.29. The molecular formula is C11H14FNO. The molecule has 0 atom stereocenters. The Labute approximate surface area is 82.8 Å². The van der Waals surface area contributed by atoms with Gasteiger partial charge in [0.1, 0.15) is 11.6 Å². The van der Waals surface area contributed by atoms with Crippen LogP contribution in [0, 0.1) is 5.82 Å². The van der Waals surface area contributed by atoms with Crippen molar-refractivity contribution in [3.05, 3.63) is 29.6 Å². The highest BCUT2D eigenvalue weighted by Crippen LogP contribution is 2.33. The first kappa shape index (κ1) is 9.46. The number of halogens is 1. The van der Waals surface area contributed by atoms with Gasteiger partial charge < -0.3 is 10.4 Å². The minimum atomic E-state index is -0.281. The van der Waals surface area contributed by atoms with Gasteiger partial charge in [-0.05, 0) is 44.0 Å². The Morgan fingerprint density at radius 2 is 2.00 bits per heavy atom. The zero-order valence-corrected chi connectivity index (χ0v) is 7.96. The lowest BCUT2D eigenvalue weighted by atomic mass is 9.89. The Morgan fingerprint density at radius 1 is 1.29 bits per heavy atom. The Morgan fingerprint density at radius 3 is 2.64 bits per heavy atom. The summed E-state index contributed by atoms with van der Waals surface area (Å²) in [5.41, 5.74) is 0.494. The van der Waals surface area contributed by atoms with Crippen LogP contribution in [0.15, 0.2) is 18.2 Å². The van der Waals surface area contributed by atoms with E-state index in [1.54, 1.807) is 6.07 Å². The number of benzene rings is 1. The SMILES string of the molecule is Oc1cccc(F)c1C1CCNCC1. The monoisotopic (exact) mass is 195 g/mol. The minimum absolute atomic E-state index is 0.0944. The number of phenolic OH excluding ortho intramolecular Hbond substituents is 1. The maximum atomic E-state index is 13.5. The third kappa shape index (κ3) is 1.73. The first-order valence-electron chi connectivity index (χ1n) is 4.97. The van der Waals surface area contributed by atoms with Crippen molar-refractivity contribution in [1.29, 1.82) is 0 Å². The number of rotatable bonds is 1.